The van der Waals surface area contributed by atoms with Crippen molar-refractivity contribution in [1.82, 2.24) is 0 Å². The molecule has 0 aromatic heterocycles. The van der Waals surface area contributed by atoms with Crippen LogP contribution < -0.4 is 0 Å². The van der Waals surface area contributed by atoms with Crippen LogP contribution in [0, 0.1) is 17.3 Å². The van der Waals surface area contributed by atoms with Crippen LogP contribution in [0.3, 0.4) is 0 Å². The van der Waals surface area contributed by atoms with Gasteiger partial charge in [-0.15, -0.1) is 0 Å². The molecule has 0 saturated carbocycles. The first-order chi connectivity index (χ1) is 6.82. The fourth-order valence-corrected chi connectivity index (χ4v) is 1.61. The first kappa shape index (κ1) is 12.2. The van der Waals surface area contributed by atoms with E-state index < -0.39 is 0 Å². The molecule has 0 unspecified atom stereocenters. The third-order valence-electron chi connectivity index (χ3n) is 2.66. The highest BCUT2D eigenvalue weighted by Crippen LogP contribution is 2.28. The van der Waals surface area contributed by atoms with Crippen LogP contribution in [0.4, 0.5) is 0 Å². The maximum absolute atomic E-state index is 4.59. The Bertz CT molecular complexity index is 314. The fraction of sp³-hybridized carbons (Fsp3) is 0.643. The van der Waals surface area contributed by atoms with Gasteiger partial charge in [0.25, 0.3) is 0 Å². The molecule has 0 bridgehead atoms. The van der Waals surface area contributed by atoms with E-state index in [4.69, 9.17) is 0 Å². The van der Waals surface area contributed by atoms with Gasteiger partial charge in [-0.05, 0) is 23.5 Å². The van der Waals surface area contributed by atoms with E-state index in [2.05, 4.69) is 64.9 Å². The largest absolute Gasteiger partial charge is 0.264 e. The Kier molecular flexibility index (Phi) is 3.54. The van der Waals surface area contributed by atoms with E-state index in [0.717, 1.165) is 0 Å². The minimum Gasteiger partial charge on any atom is -0.264 e. The summed E-state index contributed by atoms with van der Waals surface area (Å²) >= 11 is 0. The summed E-state index contributed by atoms with van der Waals surface area (Å²) in [7, 11) is 0. The Balaban J connectivity index is 3.12. The normalized spacial score (nSPS) is 20.3. The molecule has 0 saturated heterocycles. The number of rotatable bonds is 2. The van der Waals surface area contributed by atoms with Crippen molar-refractivity contribution >= 4 is 6.21 Å². The van der Waals surface area contributed by atoms with Crippen molar-refractivity contribution in [3.63, 3.8) is 0 Å². The zero-order valence-corrected chi connectivity index (χ0v) is 10.8. The van der Waals surface area contributed by atoms with Crippen LogP contribution in [-0.2, 0) is 0 Å². The second-order valence-corrected chi connectivity index (χ2v) is 5.60. The molecule has 0 aromatic rings. The van der Waals surface area contributed by atoms with Crippen LogP contribution in [-0.4, -0.2) is 6.21 Å². The Morgan fingerprint density at radius 2 is 1.67 bits per heavy atom. The minimum absolute atomic E-state index is 0.0761. The van der Waals surface area contributed by atoms with Gasteiger partial charge in [0, 0.05) is 17.3 Å². The molecular formula is C14H23N. The van der Waals surface area contributed by atoms with Crippen molar-refractivity contribution in [3.05, 3.63) is 23.4 Å². The van der Waals surface area contributed by atoms with Gasteiger partial charge in [-0.3, -0.25) is 4.99 Å². The van der Waals surface area contributed by atoms with Crippen molar-refractivity contribution in [2.75, 3.05) is 0 Å². The van der Waals surface area contributed by atoms with Gasteiger partial charge in [0.15, 0.2) is 0 Å². The van der Waals surface area contributed by atoms with Crippen LogP contribution >= 0.6 is 0 Å². The molecule has 84 valence electrons. The molecule has 15 heavy (non-hydrogen) atoms. The maximum atomic E-state index is 4.59. The van der Waals surface area contributed by atoms with Crippen molar-refractivity contribution in [1.29, 1.82) is 0 Å². The SMILES string of the molecule is CC(C)C1=CC(C)(C)C=NC(C(C)C)=C1. The predicted octanol–water partition coefficient (Wildman–Crippen LogP) is 4.22. The van der Waals surface area contributed by atoms with Crippen LogP contribution in [0.1, 0.15) is 41.5 Å². The van der Waals surface area contributed by atoms with Gasteiger partial charge < -0.3 is 0 Å². The van der Waals surface area contributed by atoms with Gasteiger partial charge >= 0.3 is 0 Å². The van der Waals surface area contributed by atoms with Crippen molar-refractivity contribution in [3.8, 4) is 0 Å². The molecule has 1 aliphatic heterocycles. The number of aliphatic imine (C=N–C) groups is 1. The number of hydrogen-bond acceptors (Lipinski definition) is 1. The molecule has 1 nitrogen and oxygen atoms in total. The van der Waals surface area contributed by atoms with Crippen molar-refractivity contribution in [2.45, 2.75) is 41.5 Å². The second kappa shape index (κ2) is 4.34. The molecule has 0 atom stereocenters. The highest BCUT2D eigenvalue weighted by Gasteiger charge is 2.18. The van der Waals surface area contributed by atoms with E-state index in [1.54, 1.807) is 0 Å². The number of nitrogens with zero attached hydrogens (tertiary/aromatic N) is 1. The van der Waals surface area contributed by atoms with E-state index >= 15 is 0 Å². The Morgan fingerprint density at radius 1 is 1.07 bits per heavy atom. The summed E-state index contributed by atoms with van der Waals surface area (Å²) in [5.74, 6) is 1.07. The van der Waals surface area contributed by atoms with E-state index in [-0.39, 0.29) is 5.41 Å². The predicted molar refractivity (Wildman–Crippen MR) is 68.1 cm³/mol. The lowest BCUT2D eigenvalue weighted by molar-refractivity contribution is 0.670. The highest BCUT2D eigenvalue weighted by molar-refractivity contribution is 5.70. The average Bonchev–Trinajstić information content (AvgIpc) is 2.23. The van der Waals surface area contributed by atoms with Gasteiger partial charge in [-0.1, -0.05) is 47.6 Å². The summed E-state index contributed by atoms with van der Waals surface area (Å²) in [6.45, 7) is 13.3. The molecule has 1 rings (SSSR count). The second-order valence-electron chi connectivity index (χ2n) is 5.60. The highest BCUT2D eigenvalue weighted by atomic mass is 14.8. The Hall–Kier alpha value is -0.850. The van der Waals surface area contributed by atoms with Gasteiger partial charge in [0.05, 0.1) is 0 Å². The van der Waals surface area contributed by atoms with E-state index in [1.807, 2.05) is 0 Å². The van der Waals surface area contributed by atoms with Crippen LogP contribution in [0.2, 0.25) is 0 Å². The Morgan fingerprint density at radius 3 is 2.13 bits per heavy atom. The summed E-state index contributed by atoms with van der Waals surface area (Å²) in [5, 5.41) is 0. The van der Waals surface area contributed by atoms with Crippen LogP contribution in [0.25, 0.3) is 0 Å². The molecule has 0 aromatic carbocycles. The van der Waals surface area contributed by atoms with Crippen LogP contribution in [0.15, 0.2) is 28.4 Å². The quantitative estimate of drug-likeness (QED) is 0.640. The number of hydrogen-bond donors (Lipinski definition) is 0. The average molecular weight is 205 g/mol. The van der Waals surface area contributed by atoms with Crippen molar-refractivity contribution in [2.24, 2.45) is 22.2 Å². The summed E-state index contributed by atoms with van der Waals surface area (Å²) in [6.07, 6.45) is 6.64. The lowest BCUT2D eigenvalue weighted by Crippen LogP contribution is -2.10. The van der Waals surface area contributed by atoms with E-state index in [9.17, 15) is 0 Å². The summed E-state index contributed by atoms with van der Waals surface area (Å²) in [4.78, 5) is 4.59. The lowest BCUT2D eigenvalue weighted by atomic mass is 9.89. The van der Waals surface area contributed by atoms with E-state index in [0.29, 0.717) is 11.8 Å². The zero-order chi connectivity index (χ0) is 11.6. The Labute approximate surface area is 94.0 Å². The van der Waals surface area contributed by atoms with Gasteiger partial charge in [0.1, 0.15) is 0 Å². The fourth-order valence-electron chi connectivity index (χ4n) is 1.61. The first-order valence-corrected chi connectivity index (χ1v) is 5.81. The third kappa shape index (κ3) is 3.33. The summed E-state index contributed by atoms with van der Waals surface area (Å²) < 4.78 is 0. The van der Waals surface area contributed by atoms with E-state index in [1.165, 1.54) is 11.3 Å². The topological polar surface area (TPSA) is 12.4 Å². The summed E-state index contributed by atoms with van der Waals surface area (Å²) in [6, 6.07) is 0. The minimum atomic E-state index is 0.0761. The molecule has 0 radical (unpaired) electrons. The molecule has 0 fully saturated rings. The zero-order valence-electron chi connectivity index (χ0n) is 10.8. The van der Waals surface area contributed by atoms with Gasteiger partial charge in [-0.25, -0.2) is 0 Å². The smallest absolute Gasteiger partial charge is 0.0428 e. The molecule has 0 amide bonds. The molecular weight excluding hydrogens is 182 g/mol. The van der Waals surface area contributed by atoms with Crippen molar-refractivity contribution < 1.29 is 0 Å². The van der Waals surface area contributed by atoms with Gasteiger partial charge in [0.2, 0.25) is 0 Å². The molecule has 0 aliphatic carbocycles. The molecule has 0 spiro atoms. The molecule has 1 heterocycles. The molecule has 1 heteroatoms. The number of allylic oxidation sites excluding steroid dienone is 4. The lowest BCUT2D eigenvalue weighted by Gasteiger charge is -2.15. The standard InChI is InChI=1S/C14H23N/c1-10(2)12-7-13(11(3)4)15-9-14(5,6)8-12/h7-11H,1-6H3. The van der Waals surface area contributed by atoms with Crippen LogP contribution in [0.5, 0.6) is 0 Å². The first-order valence-electron chi connectivity index (χ1n) is 5.81. The summed E-state index contributed by atoms with van der Waals surface area (Å²) in [5.41, 5.74) is 2.67. The van der Waals surface area contributed by atoms with Gasteiger partial charge in [-0.2, -0.15) is 0 Å². The molecule has 1 aliphatic rings. The third-order valence-corrected chi connectivity index (χ3v) is 2.66. The monoisotopic (exact) mass is 205 g/mol. The maximum Gasteiger partial charge on any atom is 0.0428 e. The molecule has 0 N–H and O–H groups in total.